The van der Waals surface area contributed by atoms with Gasteiger partial charge in [-0.25, -0.2) is 8.42 Å². The Balaban J connectivity index is 1.95. The van der Waals surface area contributed by atoms with Gasteiger partial charge >= 0.3 is 5.76 Å². The minimum atomic E-state index is -4.59. The number of halogens is 2. The maximum atomic E-state index is 12.4. The van der Waals surface area contributed by atoms with E-state index in [9.17, 15) is 22.0 Å². The van der Waals surface area contributed by atoms with Gasteiger partial charge in [0.15, 0.2) is 0 Å². The lowest BCUT2D eigenvalue weighted by Crippen LogP contribution is -2.24. The van der Waals surface area contributed by atoms with Crippen LogP contribution in [0.4, 0.5) is 8.78 Å². The van der Waals surface area contributed by atoms with E-state index in [-0.39, 0.29) is 12.3 Å². The summed E-state index contributed by atoms with van der Waals surface area (Å²) in [7, 11) is -4.59. The van der Waals surface area contributed by atoms with Gasteiger partial charge in [-0.2, -0.15) is 20.1 Å². The number of sulfone groups is 1. The van der Waals surface area contributed by atoms with Gasteiger partial charge in [0.25, 0.3) is 0 Å². The van der Waals surface area contributed by atoms with Crippen LogP contribution >= 0.6 is 11.3 Å². The monoisotopic (exact) mass is 345 g/mol. The van der Waals surface area contributed by atoms with Crippen LogP contribution in [0.1, 0.15) is 11.1 Å². The van der Waals surface area contributed by atoms with Gasteiger partial charge in [0, 0.05) is 6.54 Å². The third-order valence-corrected chi connectivity index (χ3v) is 5.05. The van der Waals surface area contributed by atoms with Gasteiger partial charge in [0.2, 0.25) is 15.7 Å². The van der Waals surface area contributed by atoms with Crippen molar-refractivity contribution in [3.8, 4) is 0 Å². The van der Waals surface area contributed by atoms with Crippen molar-refractivity contribution in [1.82, 2.24) is 5.32 Å². The van der Waals surface area contributed by atoms with Crippen molar-refractivity contribution in [3.63, 3.8) is 0 Å². The van der Waals surface area contributed by atoms with Gasteiger partial charge in [-0.05, 0) is 40.1 Å². The van der Waals surface area contributed by atoms with Crippen molar-refractivity contribution in [2.45, 2.75) is 23.6 Å². The Morgan fingerprint density at radius 2 is 1.82 bits per heavy atom. The van der Waals surface area contributed by atoms with Crippen molar-refractivity contribution in [2.24, 2.45) is 0 Å². The van der Waals surface area contributed by atoms with Crippen LogP contribution in [-0.4, -0.2) is 20.1 Å². The molecule has 0 aliphatic heterocycles. The topological polar surface area (TPSA) is 63.2 Å². The highest BCUT2D eigenvalue weighted by molar-refractivity contribution is 7.91. The zero-order valence-corrected chi connectivity index (χ0v) is 13.0. The summed E-state index contributed by atoms with van der Waals surface area (Å²) in [5.74, 6) is -3.68. The molecule has 0 saturated heterocycles. The van der Waals surface area contributed by atoms with E-state index < -0.39 is 20.5 Å². The highest BCUT2D eigenvalue weighted by Gasteiger charge is 2.26. The minimum Gasteiger partial charge on any atom is -0.352 e. The van der Waals surface area contributed by atoms with E-state index in [1.54, 1.807) is 0 Å². The molecule has 0 bridgehead atoms. The summed E-state index contributed by atoms with van der Waals surface area (Å²) in [4.78, 5) is 11.3. The molecule has 0 spiro atoms. The molecule has 1 N–H and O–H groups in total. The minimum absolute atomic E-state index is 0.0547. The Hall–Kier alpha value is -1.80. The number of amides is 1. The number of thiophene rings is 1. The molecule has 0 atom stereocenters. The van der Waals surface area contributed by atoms with E-state index in [1.165, 1.54) is 23.5 Å². The van der Waals surface area contributed by atoms with Gasteiger partial charge in [-0.3, -0.25) is 4.79 Å². The number of benzene rings is 1. The molecule has 22 heavy (non-hydrogen) atoms. The molecule has 1 heterocycles. The SMILES string of the molecule is O=C(Cc1ccc(S(=O)(=O)C(F)F)cc1)NCc1ccsc1. The largest absolute Gasteiger partial charge is 0.352 e. The average Bonchev–Trinajstić information content (AvgIpc) is 2.99. The maximum absolute atomic E-state index is 12.4. The first-order valence-corrected chi connectivity index (χ1v) is 8.77. The molecule has 0 fully saturated rings. The number of hydrogen-bond acceptors (Lipinski definition) is 4. The predicted molar refractivity (Wildman–Crippen MR) is 79.5 cm³/mol. The lowest BCUT2D eigenvalue weighted by Gasteiger charge is -2.06. The first-order valence-electron chi connectivity index (χ1n) is 6.28. The molecule has 0 radical (unpaired) electrons. The molecule has 2 rings (SSSR count). The highest BCUT2D eigenvalue weighted by Crippen LogP contribution is 2.18. The van der Waals surface area contributed by atoms with E-state index in [0.717, 1.165) is 17.7 Å². The van der Waals surface area contributed by atoms with Gasteiger partial charge in [0.05, 0.1) is 11.3 Å². The quantitative estimate of drug-likeness (QED) is 0.875. The number of carbonyl (C=O) groups excluding carboxylic acids is 1. The summed E-state index contributed by atoms with van der Waals surface area (Å²) in [5.41, 5.74) is 1.55. The molecule has 0 unspecified atom stereocenters. The first-order chi connectivity index (χ1) is 10.4. The van der Waals surface area contributed by atoms with Gasteiger partial charge in [-0.15, -0.1) is 0 Å². The number of nitrogens with one attached hydrogen (secondary N) is 1. The fourth-order valence-electron chi connectivity index (χ4n) is 1.74. The Morgan fingerprint density at radius 1 is 1.14 bits per heavy atom. The maximum Gasteiger partial charge on any atom is 0.341 e. The van der Waals surface area contributed by atoms with Crippen LogP contribution in [0.3, 0.4) is 0 Å². The standard InChI is InChI=1S/C14H13F2NO3S2/c15-14(16)22(19,20)12-3-1-10(2-4-12)7-13(18)17-8-11-5-6-21-9-11/h1-6,9,14H,7-8H2,(H,17,18). The zero-order chi connectivity index (χ0) is 16.2. The Kier molecular flexibility index (Phi) is 5.25. The van der Waals surface area contributed by atoms with Crippen LogP contribution in [0.15, 0.2) is 46.0 Å². The van der Waals surface area contributed by atoms with E-state index in [0.29, 0.717) is 12.1 Å². The summed E-state index contributed by atoms with van der Waals surface area (Å²) < 4.78 is 47.3. The lowest BCUT2D eigenvalue weighted by molar-refractivity contribution is -0.120. The van der Waals surface area contributed by atoms with Crippen LogP contribution in [-0.2, 0) is 27.6 Å². The van der Waals surface area contributed by atoms with Crippen molar-refractivity contribution in [2.75, 3.05) is 0 Å². The fraction of sp³-hybridized carbons (Fsp3) is 0.214. The molecule has 2 aromatic rings. The van der Waals surface area contributed by atoms with E-state index in [2.05, 4.69) is 5.32 Å². The second kappa shape index (κ2) is 6.97. The number of carbonyl (C=O) groups is 1. The summed E-state index contributed by atoms with van der Waals surface area (Å²) in [6, 6.07) is 6.79. The molecule has 8 heteroatoms. The second-order valence-corrected chi connectivity index (χ2v) is 7.23. The molecule has 1 aromatic heterocycles. The van der Waals surface area contributed by atoms with Crippen LogP contribution in [0.5, 0.6) is 0 Å². The third-order valence-electron chi connectivity index (χ3n) is 2.92. The average molecular weight is 345 g/mol. The summed E-state index contributed by atoms with van der Waals surface area (Å²) >= 11 is 1.53. The molecule has 1 aromatic carbocycles. The van der Waals surface area contributed by atoms with Crippen molar-refractivity contribution in [1.29, 1.82) is 0 Å². The van der Waals surface area contributed by atoms with Gasteiger partial charge in [-0.1, -0.05) is 12.1 Å². The molecule has 0 saturated carbocycles. The van der Waals surface area contributed by atoms with Crippen LogP contribution in [0, 0.1) is 0 Å². The molecule has 1 amide bonds. The second-order valence-electron chi connectivity index (χ2n) is 4.53. The smallest absolute Gasteiger partial charge is 0.341 e. The van der Waals surface area contributed by atoms with Crippen molar-refractivity contribution < 1.29 is 22.0 Å². The number of hydrogen-bond donors (Lipinski definition) is 1. The molecular weight excluding hydrogens is 332 g/mol. The first kappa shape index (κ1) is 16.6. The number of rotatable bonds is 6. The molecule has 0 aliphatic carbocycles. The summed E-state index contributed by atoms with van der Waals surface area (Å²) in [6.45, 7) is 0.417. The predicted octanol–water partition coefficient (Wildman–Crippen LogP) is 2.60. The fourth-order valence-corrected chi connectivity index (χ4v) is 3.13. The van der Waals surface area contributed by atoms with Gasteiger partial charge in [0.1, 0.15) is 0 Å². The molecule has 118 valence electrons. The lowest BCUT2D eigenvalue weighted by atomic mass is 10.1. The van der Waals surface area contributed by atoms with Gasteiger partial charge < -0.3 is 5.32 Å². The molecular formula is C14H13F2NO3S2. The zero-order valence-electron chi connectivity index (χ0n) is 11.3. The van der Waals surface area contributed by atoms with Crippen LogP contribution < -0.4 is 5.32 Å². The summed E-state index contributed by atoms with van der Waals surface area (Å²) in [6.07, 6.45) is 0.0547. The van der Waals surface area contributed by atoms with Crippen molar-refractivity contribution >= 4 is 27.1 Å². The van der Waals surface area contributed by atoms with Crippen molar-refractivity contribution in [3.05, 3.63) is 52.2 Å². The molecule has 4 nitrogen and oxygen atoms in total. The Morgan fingerprint density at radius 3 is 2.36 bits per heavy atom. The Bertz CT molecular complexity index is 726. The highest BCUT2D eigenvalue weighted by atomic mass is 32.2. The van der Waals surface area contributed by atoms with E-state index in [4.69, 9.17) is 0 Å². The Labute approximate surface area is 130 Å². The van der Waals surface area contributed by atoms with E-state index >= 15 is 0 Å². The summed E-state index contributed by atoms with van der Waals surface area (Å²) in [5, 5.41) is 6.55. The number of alkyl halides is 2. The molecule has 0 aliphatic rings. The normalized spacial score (nSPS) is 11.6. The third kappa shape index (κ3) is 4.11. The van der Waals surface area contributed by atoms with Crippen LogP contribution in [0.2, 0.25) is 0 Å². The van der Waals surface area contributed by atoms with E-state index in [1.807, 2.05) is 16.8 Å². The van der Waals surface area contributed by atoms with Crippen LogP contribution in [0.25, 0.3) is 0 Å².